The molecule has 3 rings (SSSR count). The Labute approximate surface area is 149 Å². The molecule has 23 heavy (non-hydrogen) atoms. The van der Waals surface area contributed by atoms with Crippen LogP contribution in [-0.4, -0.2) is 22.4 Å². The second-order valence-electron chi connectivity index (χ2n) is 4.65. The van der Waals surface area contributed by atoms with E-state index in [1.807, 2.05) is 12.1 Å². The third-order valence-corrected chi connectivity index (χ3v) is 4.75. The number of esters is 1. The van der Waals surface area contributed by atoms with Gasteiger partial charge in [-0.25, -0.2) is 4.79 Å². The van der Waals surface area contributed by atoms with E-state index in [0.717, 1.165) is 3.57 Å². The summed E-state index contributed by atoms with van der Waals surface area (Å²) in [6.45, 7) is 1.94. The summed E-state index contributed by atoms with van der Waals surface area (Å²) in [5.74, 6) is -0.574. The summed E-state index contributed by atoms with van der Waals surface area (Å²) in [6.07, 6.45) is 0. The number of hydrogen-bond donors (Lipinski definition) is 1. The van der Waals surface area contributed by atoms with Gasteiger partial charge in [-0.05, 0) is 53.8 Å². The van der Waals surface area contributed by atoms with Gasteiger partial charge in [0.05, 0.1) is 22.7 Å². The van der Waals surface area contributed by atoms with Crippen molar-refractivity contribution < 1.29 is 9.53 Å². The Morgan fingerprint density at radius 3 is 2.74 bits per heavy atom. The number of ether oxygens (including phenoxy) is 1. The molecule has 8 heteroatoms. The molecule has 0 aliphatic rings. The topological polar surface area (TPSA) is 87.2 Å². The zero-order valence-electron chi connectivity index (χ0n) is 12.1. The Kier molecular flexibility index (Phi) is 4.35. The molecule has 0 atom stereocenters. The van der Waals surface area contributed by atoms with Crippen molar-refractivity contribution in [3.8, 4) is 5.69 Å². The molecule has 118 valence electrons. The molecule has 2 N–H and O–H groups in total. The fourth-order valence-corrected chi connectivity index (χ4v) is 3.33. The van der Waals surface area contributed by atoms with Gasteiger partial charge in [-0.3, -0.25) is 4.79 Å². The number of fused-ring (bicyclic) bond motifs is 1. The van der Waals surface area contributed by atoms with Crippen LogP contribution in [0.2, 0.25) is 0 Å². The molecular formula is C15H12IN3O3S. The summed E-state index contributed by atoms with van der Waals surface area (Å²) in [6, 6.07) is 7.24. The van der Waals surface area contributed by atoms with Crippen molar-refractivity contribution >= 4 is 55.7 Å². The average Bonchev–Trinajstić information content (AvgIpc) is 2.91. The third kappa shape index (κ3) is 2.83. The number of halogens is 1. The summed E-state index contributed by atoms with van der Waals surface area (Å²) < 4.78 is 7.26. The fourth-order valence-electron chi connectivity index (χ4n) is 2.18. The van der Waals surface area contributed by atoms with Crippen LogP contribution in [0.25, 0.3) is 16.5 Å². The lowest BCUT2D eigenvalue weighted by atomic mass is 10.2. The lowest BCUT2D eigenvalue weighted by Gasteiger charge is -2.09. The first-order valence-electron chi connectivity index (χ1n) is 6.76. The van der Waals surface area contributed by atoms with Crippen molar-refractivity contribution in [3.05, 3.63) is 49.3 Å². The number of anilines is 1. The summed E-state index contributed by atoms with van der Waals surface area (Å²) in [5.41, 5.74) is 6.22. The van der Waals surface area contributed by atoms with E-state index in [1.54, 1.807) is 24.4 Å². The molecule has 0 unspecified atom stereocenters. The Bertz CT molecular complexity index is 947. The molecule has 0 aliphatic carbocycles. The van der Waals surface area contributed by atoms with Crippen molar-refractivity contribution in [1.82, 2.24) is 9.78 Å². The highest BCUT2D eigenvalue weighted by Gasteiger charge is 2.21. The number of nitrogens with zero attached hydrogens (tertiary/aromatic N) is 2. The molecule has 3 aromatic rings. The number of nitrogen functional groups attached to an aromatic ring is 1. The minimum Gasteiger partial charge on any atom is -0.461 e. The van der Waals surface area contributed by atoms with Gasteiger partial charge >= 0.3 is 5.97 Å². The second kappa shape index (κ2) is 6.28. The average molecular weight is 439 g/mol. The van der Waals surface area contributed by atoms with Crippen LogP contribution in [0.15, 0.2) is 34.4 Å². The number of carbonyl (C=O) groups excluding carboxylic acids is 1. The maximum Gasteiger partial charge on any atom is 0.359 e. The number of rotatable bonds is 3. The molecule has 6 nitrogen and oxygen atoms in total. The van der Waals surface area contributed by atoms with Crippen molar-refractivity contribution in [2.24, 2.45) is 0 Å². The molecule has 0 amide bonds. The molecule has 0 aliphatic heterocycles. The second-order valence-corrected chi connectivity index (χ2v) is 6.81. The summed E-state index contributed by atoms with van der Waals surface area (Å²) >= 11 is 3.37. The van der Waals surface area contributed by atoms with E-state index in [1.165, 1.54) is 16.0 Å². The van der Waals surface area contributed by atoms with Crippen LogP contribution in [0.5, 0.6) is 0 Å². The van der Waals surface area contributed by atoms with Gasteiger partial charge in [0.1, 0.15) is 0 Å². The number of thiophene rings is 1. The van der Waals surface area contributed by atoms with E-state index >= 15 is 0 Å². The highest BCUT2D eigenvalue weighted by Crippen LogP contribution is 2.27. The molecule has 0 spiro atoms. The quantitative estimate of drug-likeness (QED) is 0.501. The Balaban J connectivity index is 2.32. The zero-order chi connectivity index (χ0) is 16.6. The summed E-state index contributed by atoms with van der Waals surface area (Å²) in [7, 11) is 0. The van der Waals surface area contributed by atoms with Crippen LogP contribution >= 0.6 is 33.9 Å². The molecule has 2 aromatic heterocycles. The SMILES string of the molecule is CCOC(=O)c1nn(-c2ccc([125I])cc2)c(=O)c2c(N)scc12. The molecular weight excluding hydrogens is 427 g/mol. The van der Waals surface area contributed by atoms with Crippen LogP contribution in [0.1, 0.15) is 17.4 Å². The molecule has 0 radical (unpaired) electrons. The van der Waals surface area contributed by atoms with Gasteiger partial charge in [-0.2, -0.15) is 9.78 Å². The number of benzene rings is 1. The predicted octanol–water partition coefficient (Wildman–Crippen LogP) is 2.81. The minimum atomic E-state index is -0.574. The van der Waals surface area contributed by atoms with E-state index < -0.39 is 5.97 Å². The summed E-state index contributed by atoms with van der Waals surface area (Å²) in [4.78, 5) is 24.9. The fraction of sp³-hybridized carbons (Fsp3) is 0.133. The van der Waals surface area contributed by atoms with E-state index in [9.17, 15) is 9.59 Å². The number of hydrogen-bond acceptors (Lipinski definition) is 6. The first-order chi connectivity index (χ1) is 11.0. The van der Waals surface area contributed by atoms with Gasteiger partial charge in [-0.1, -0.05) is 0 Å². The number of carbonyl (C=O) groups is 1. The van der Waals surface area contributed by atoms with Gasteiger partial charge in [-0.15, -0.1) is 11.3 Å². The van der Waals surface area contributed by atoms with Crippen LogP contribution in [0, 0.1) is 3.57 Å². The monoisotopic (exact) mass is 439 g/mol. The first kappa shape index (κ1) is 15.9. The van der Waals surface area contributed by atoms with Crippen LogP contribution in [0.4, 0.5) is 5.00 Å². The van der Waals surface area contributed by atoms with Crippen molar-refractivity contribution in [3.63, 3.8) is 0 Å². The summed E-state index contributed by atoms with van der Waals surface area (Å²) in [5, 5.41) is 6.95. The highest BCUT2D eigenvalue weighted by molar-refractivity contribution is 14.1. The standard InChI is InChI=1S/C15H12IN3O3S/c1-2-22-15(21)12-10-7-23-13(17)11(10)14(20)19(18-12)9-5-3-8(16)4-6-9/h3-7H,2,17H2,1H3/i16-2. The van der Waals surface area contributed by atoms with Crippen molar-refractivity contribution in [2.75, 3.05) is 12.3 Å². The number of aromatic nitrogens is 2. The number of nitrogens with two attached hydrogens (primary N) is 1. The van der Waals surface area contributed by atoms with Crippen LogP contribution < -0.4 is 11.3 Å². The van der Waals surface area contributed by atoms with Crippen LogP contribution in [0.3, 0.4) is 0 Å². The van der Waals surface area contributed by atoms with Crippen molar-refractivity contribution in [1.29, 1.82) is 0 Å². The predicted molar refractivity (Wildman–Crippen MR) is 98.3 cm³/mol. The lowest BCUT2D eigenvalue weighted by molar-refractivity contribution is 0.0520. The molecule has 0 saturated carbocycles. The zero-order valence-corrected chi connectivity index (χ0v) is 15.1. The molecule has 0 saturated heterocycles. The van der Waals surface area contributed by atoms with Gasteiger partial charge in [0.2, 0.25) is 0 Å². The maximum atomic E-state index is 12.7. The minimum absolute atomic E-state index is 0.0907. The van der Waals surface area contributed by atoms with E-state index in [0.29, 0.717) is 21.5 Å². The van der Waals surface area contributed by atoms with Gasteiger partial charge < -0.3 is 10.5 Å². The molecule has 2 heterocycles. The molecule has 0 bridgehead atoms. The first-order valence-corrected chi connectivity index (χ1v) is 8.71. The Hall–Kier alpha value is -1.94. The molecule has 1 aromatic carbocycles. The van der Waals surface area contributed by atoms with Gasteiger partial charge in [0.25, 0.3) is 5.56 Å². The Morgan fingerprint density at radius 1 is 1.39 bits per heavy atom. The largest absolute Gasteiger partial charge is 0.461 e. The van der Waals surface area contributed by atoms with Gasteiger partial charge in [0.15, 0.2) is 5.69 Å². The lowest BCUT2D eigenvalue weighted by Crippen LogP contribution is -2.25. The highest BCUT2D eigenvalue weighted by atomic mass is 125. The molecule has 0 fully saturated rings. The van der Waals surface area contributed by atoms with Crippen LogP contribution in [-0.2, 0) is 4.74 Å². The van der Waals surface area contributed by atoms with Crippen molar-refractivity contribution in [2.45, 2.75) is 6.92 Å². The normalized spacial score (nSPS) is 10.9. The van der Waals surface area contributed by atoms with E-state index in [-0.39, 0.29) is 17.9 Å². The van der Waals surface area contributed by atoms with Gasteiger partial charge in [0, 0.05) is 14.3 Å². The maximum absolute atomic E-state index is 12.7. The van der Waals surface area contributed by atoms with E-state index in [4.69, 9.17) is 10.5 Å². The smallest absolute Gasteiger partial charge is 0.359 e. The third-order valence-electron chi connectivity index (χ3n) is 3.22. The van der Waals surface area contributed by atoms with E-state index in [2.05, 4.69) is 27.7 Å². The Morgan fingerprint density at radius 2 is 2.09 bits per heavy atom.